The Morgan fingerprint density at radius 2 is 1.77 bits per heavy atom. The van der Waals surface area contributed by atoms with Gasteiger partial charge in [-0.05, 0) is 12.3 Å². The lowest BCUT2D eigenvalue weighted by Gasteiger charge is -2.40. The zero-order valence-corrected chi connectivity index (χ0v) is 20.4. The van der Waals surface area contributed by atoms with Gasteiger partial charge in [0.05, 0.1) is 45.8 Å². The van der Waals surface area contributed by atoms with Gasteiger partial charge < -0.3 is 37.0 Å². The Kier molecular flexibility index (Phi) is 12.7. The van der Waals surface area contributed by atoms with Crippen LogP contribution in [0, 0.1) is 5.92 Å². The van der Waals surface area contributed by atoms with Gasteiger partial charge in [0, 0.05) is 13.7 Å². The first-order valence-corrected chi connectivity index (χ1v) is 11.3. The van der Waals surface area contributed by atoms with E-state index in [2.05, 4.69) is 24.2 Å². The summed E-state index contributed by atoms with van der Waals surface area (Å²) in [4.78, 5) is 0. The van der Waals surface area contributed by atoms with E-state index in [1.165, 1.54) is 7.11 Å². The molecule has 0 spiro atoms. The number of aliphatic hydroxyl groups is 2. The van der Waals surface area contributed by atoms with Crippen molar-refractivity contribution >= 4 is 23.0 Å². The first kappa shape index (κ1) is 26.8. The van der Waals surface area contributed by atoms with Crippen molar-refractivity contribution in [2.75, 3.05) is 40.1 Å². The number of halogens is 1. The van der Waals surface area contributed by atoms with Crippen LogP contribution in [0.25, 0.3) is 0 Å². The maximum Gasteiger partial charge on any atom is 0.186 e. The predicted molar refractivity (Wildman–Crippen MR) is 117 cm³/mol. The van der Waals surface area contributed by atoms with Gasteiger partial charge in [-0.3, -0.25) is 0 Å². The molecule has 2 N–H and O–H groups in total. The van der Waals surface area contributed by atoms with E-state index in [0.29, 0.717) is 44.6 Å². The Hall–Kier alpha value is -0.450. The second-order valence-corrected chi connectivity index (χ2v) is 8.21. The third kappa shape index (κ3) is 9.14. The number of methoxy groups -OCH3 is 1. The minimum Gasteiger partial charge on any atom is -0.387 e. The Labute approximate surface area is 197 Å². The fourth-order valence-electron chi connectivity index (χ4n) is 2.97. The van der Waals surface area contributed by atoms with Gasteiger partial charge in [0.2, 0.25) is 0 Å². The number of hydrogen-bond donors (Lipinski definition) is 2. The van der Waals surface area contributed by atoms with E-state index < -0.39 is 30.7 Å². The van der Waals surface area contributed by atoms with E-state index in [9.17, 15) is 10.2 Å². The Bertz CT molecular complexity index is 608. The second kappa shape index (κ2) is 14.6. The third-order valence-corrected chi connectivity index (χ3v) is 5.35. The van der Waals surface area contributed by atoms with E-state index in [-0.39, 0.29) is 6.54 Å². The summed E-state index contributed by atoms with van der Waals surface area (Å²) in [6.45, 7) is 7.64. The van der Waals surface area contributed by atoms with Crippen LogP contribution in [0.2, 0.25) is 0 Å². The first-order valence-electron chi connectivity index (χ1n) is 10.4. The quantitative estimate of drug-likeness (QED) is 0.234. The van der Waals surface area contributed by atoms with Crippen molar-refractivity contribution in [3.8, 4) is 0 Å². The molecule has 1 aliphatic rings. The van der Waals surface area contributed by atoms with Gasteiger partial charge in [0.25, 0.3) is 0 Å². The molecule has 1 saturated heterocycles. The summed E-state index contributed by atoms with van der Waals surface area (Å²) in [5.41, 5.74) is 0.646. The molecule has 2 heterocycles. The molecule has 0 radical (unpaired) electrons. The highest BCUT2D eigenvalue weighted by atomic mass is 127. The van der Waals surface area contributed by atoms with Crippen LogP contribution < -0.4 is 0 Å². The lowest BCUT2D eigenvalue weighted by Crippen LogP contribution is -2.59. The third-order valence-electron chi connectivity index (χ3n) is 4.76. The molecule has 0 aliphatic carbocycles. The zero-order chi connectivity index (χ0) is 22.6. The van der Waals surface area contributed by atoms with Gasteiger partial charge in [-0.15, -0.1) is 5.10 Å². The summed E-state index contributed by atoms with van der Waals surface area (Å²) < 4.78 is 34.0. The summed E-state index contributed by atoms with van der Waals surface area (Å²) in [5.74, 6) is 0.643. The minimum atomic E-state index is -1.10. The van der Waals surface area contributed by atoms with Crippen LogP contribution in [0.5, 0.6) is 0 Å². The van der Waals surface area contributed by atoms with Crippen LogP contribution in [0.4, 0.5) is 0 Å². The molecular weight excluding hydrogens is 525 g/mol. The summed E-state index contributed by atoms with van der Waals surface area (Å²) in [7, 11) is 1.42. The maximum absolute atomic E-state index is 10.4. The molecule has 0 bridgehead atoms. The number of hydrogen-bond acceptors (Lipinski definition) is 10. The molecule has 1 aromatic heterocycles. The summed E-state index contributed by atoms with van der Waals surface area (Å²) in [6, 6.07) is 0. The Morgan fingerprint density at radius 3 is 2.42 bits per heavy atom. The number of rotatable bonds is 15. The van der Waals surface area contributed by atoms with Crippen LogP contribution >= 0.6 is 23.0 Å². The highest BCUT2D eigenvalue weighted by molar-refractivity contribution is 14.1. The molecule has 2 rings (SSSR count). The molecule has 0 saturated carbocycles. The fourth-order valence-corrected chi connectivity index (χ4v) is 3.57. The van der Waals surface area contributed by atoms with Crippen LogP contribution in [0.3, 0.4) is 0 Å². The fraction of sp³-hybridized carbons (Fsp3) is 0.895. The molecule has 12 heteroatoms. The molecule has 5 unspecified atom stereocenters. The number of nitrogens with zero attached hydrogens (tertiary/aromatic N) is 3. The standard InChI is InChI=1S/C19H34IN3O8/c1-13(2)4-5-27-6-7-28-8-9-29-12-14-10-23(22-21-14)11-15-16(24)18(31-20)17(25)19(26-3)30-15/h10,13,15-19,24-25H,4-9,11-12H2,1-3H3. The van der Waals surface area contributed by atoms with E-state index in [1.54, 1.807) is 33.9 Å². The lowest BCUT2D eigenvalue weighted by molar-refractivity contribution is -0.283. The van der Waals surface area contributed by atoms with Crippen molar-refractivity contribution in [3.63, 3.8) is 0 Å². The van der Waals surface area contributed by atoms with Crippen molar-refractivity contribution in [1.82, 2.24) is 15.0 Å². The SMILES string of the molecule is COC1OC(Cn2cc(COCCOCCOCCC(C)C)nn2)C(O)C(OI)C1O. The van der Waals surface area contributed by atoms with Gasteiger partial charge in [-0.25, -0.2) is 4.68 Å². The number of ether oxygens (including phenoxy) is 5. The van der Waals surface area contributed by atoms with E-state index in [4.69, 9.17) is 26.8 Å². The molecular formula is C19H34IN3O8. The molecule has 180 valence electrons. The Morgan fingerprint density at radius 1 is 1.10 bits per heavy atom. The van der Waals surface area contributed by atoms with Gasteiger partial charge in [0.15, 0.2) is 6.29 Å². The molecule has 1 aromatic rings. The first-order chi connectivity index (χ1) is 15.0. The monoisotopic (exact) mass is 559 g/mol. The van der Waals surface area contributed by atoms with Crippen molar-refractivity contribution < 1.29 is 37.0 Å². The molecule has 11 nitrogen and oxygen atoms in total. The second-order valence-electron chi connectivity index (χ2n) is 7.71. The normalized spacial score (nSPS) is 26.6. The Balaban J connectivity index is 1.63. The highest BCUT2D eigenvalue weighted by Crippen LogP contribution is 2.26. The molecule has 1 aliphatic heterocycles. The molecule has 0 amide bonds. The van der Waals surface area contributed by atoms with E-state index >= 15 is 0 Å². The molecule has 31 heavy (non-hydrogen) atoms. The van der Waals surface area contributed by atoms with Crippen LogP contribution in [-0.4, -0.2) is 96.1 Å². The molecule has 5 atom stereocenters. The zero-order valence-electron chi connectivity index (χ0n) is 18.3. The van der Waals surface area contributed by atoms with Crippen LogP contribution in [-0.2, 0) is 39.9 Å². The van der Waals surface area contributed by atoms with Gasteiger partial charge in [-0.1, -0.05) is 19.1 Å². The van der Waals surface area contributed by atoms with Crippen LogP contribution in [0.15, 0.2) is 6.20 Å². The average Bonchev–Trinajstić information content (AvgIpc) is 3.19. The van der Waals surface area contributed by atoms with Gasteiger partial charge in [0.1, 0.15) is 53.1 Å². The number of aliphatic hydroxyl groups excluding tert-OH is 2. The maximum atomic E-state index is 10.4. The van der Waals surface area contributed by atoms with Crippen LogP contribution in [0.1, 0.15) is 26.0 Å². The average molecular weight is 559 g/mol. The smallest absolute Gasteiger partial charge is 0.186 e. The van der Waals surface area contributed by atoms with E-state index in [0.717, 1.165) is 13.0 Å². The van der Waals surface area contributed by atoms with Gasteiger partial charge in [-0.2, -0.15) is 0 Å². The summed E-state index contributed by atoms with van der Waals surface area (Å²) in [5, 5.41) is 28.6. The van der Waals surface area contributed by atoms with Crippen molar-refractivity contribution in [3.05, 3.63) is 11.9 Å². The summed E-state index contributed by atoms with van der Waals surface area (Å²) in [6.07, 6.45) is -1.80. The largest absolute Gasteiger partial charge is 0.387 e. The van der Waals surface area contributed by atoms with Gasteiger partial charge >= 0.3 is 0 Å². The number of aromatic nitrogens is 3. The van der Waals surface area contributed by atoms with Crippen molar-refractivity contribution in [2.45, 2.75) is 64.1 Å². The van der Waals surface area contributed by atoms with Crippen molar-refractivity contribution in [1.29, 1.82) is 0 Å². The summed E-state index contributed by atoms with van der Waals surface area (Å²) >= 11 is 1.64. The molecule has 0 aromatic carbocycles. The molecule has 1 fully saturated rings. The minimum absolute atomic E-state index is 0.219. The van der Waals surface area contributed by atoms with Crippen molar-refractivity contribution in [2.24, 2.45) is 5.92 Å². The van der Waals surface area contributed by atoms with E-state index in [1.807, 2.05) is 0 Å². The predicted octanol–water partition coefficient (Wildman–Crippen LogP) is 0.702. The highest BCUT2D eigenvalue weighted by Gasteiger charge is 2.45. The topological polar surface area (TPSA) is 127 Å². The lowest BCUT2D eigenvalue weighted by atomic mass is 9.99.